The number of aliphatic hydroxyl groups is 1. The third kappa shape index (κ3) is 2.96. The Morgan fingerprint density at radius 1 is 1.33 bits per heavy atom. The lowest BCUT2D eigenvalue weighted by atomic mass is 9.88. The first-order valence-electron chi connectivity index (χ1n) is 6.89. The van der Waals surface area contributed by atoms with Crippen molar-refractivity contribution in [2.45, 2.75) is 25.4 Å². The van der Waals surface area contributed by atoms with Gasteiger partial charge in [-0.3, -0.25) is 0 Å². The summed E-state index contributed by atoms with van der Waals surface area (Å²) in [6, 6.07) is 11.5. The van der Waals surface area contributed by atoms with Gasteiger partial charge in [0.15, 0.2) is 0 Å². The van der Waals surface area contributed by atoms with Crippen LogP contribution in [0.15, 0.2) is 40.9 Å². The van der Waals surface area contributed by atoms with Crippen molar-refractivity contribution in [2.24, 2.45) is 0 Å². The predicted octanol–water partition coefficient (Wildman–Crippen LogP) is 4.49. The SMILES string of the molecule is CC(O)(Cc1cc(Br)cc2c1OCC2)c1ccccc1Cl. The molecule has 2 aromatic carbocycles. The van der Waals surface area contributed by atoms with Crippen molar-refractivity contribution in [3.05, 3.63) is 62.6 Å². The molecule has 1 aliphatic heterocycles. The van der Waals surface area contributed by atoms with Gasteiger partial charge in [-0.05, 0) is 36.2 Å². The van der Waals surface area contributed by atoms with Gasteiger partial charge in [0.2, 0.25) is 0 Å². The third-order valence-corrected chi connectivity index (χ3v) is 4.60. The first-order valence-corrected chi connectivity index (χ1v) is 8.06. The predicted molar refractivity (Wildman–Crippen MR) is 88.1 cm³/mol. The lowest BCUT2D eigenvalue weighted by molar-refractivity contribution is 0.0570. The normalized spacial score (nSPS) is 16.2. The first kappa shape index (κ1) is 14.9. The summed E-state index contributed by atoms with van der Waals surface area (Å²) in [6.07, 6.45) is 1.37. The standard InChI is InChI=1S/C17H16BrClO2/c1-17(20,14-4-2-3-5-15(14)19)10-12-9-13(18)8-11-6-7-21-16(11)12/h2-5,8-9,20H,6-7,10H2,1H3. The topological polar surface area (TPSA) is 29.5 Å². The third-order valence-electron chi connectivity index (χ3n) is 3.81. The van der Waals surface area contributed by atoms with Crippen molar-refractivity contribution in [1.82, 2.24) is 0 Å². The van der Waals surface area contributed by atoms with Gasteiger partial charge in [0.05, 0.1) is 12.2 Å². The fourth-order valence-electron chi connectivity index (χ4n) is 2.84. The highest BCUT2D eigenvalue weighted by Crippen LogP contribution is 2.38. The van der Waals surface area contributed by atoms with Gasteiger partial charge < -0.3 is 9.84 Å². The van der Waals surface area contributed by atoms with E-state index < -0.39 is 5.60 Å². The summed E-state index contributed by atoms with van der Waals surface area (Å²) in [6.45, 7) is 2.49. The van der Waals surface area contributed by atoms with Gasteiger partial charge >= 0.3 is 0 Å². The molecular weight excluding hydrogens is 352 g/mol. The van der Waals surface area contributed by atoms with Crippen molar-refractivity contribution >= 4 is 27.5 Å². The number of halogens is 2. The smallest absolute Gasteiger partial charge is 0.126 e. The van der Waals surface area contributed by atoms with Gasteiger partial charge in [0, 0.05) is 27.9 Å². The zero-order valence-corrected chi connectivity index (χ0v) is 14.0. The minimum absolute atomic E-state index is 0.457. The van der Waals surface area contributed by atoms with Crippen LogP contribution in [0.1, 0.15) is 23.6 Å². The second kappa shape index (κ2) is 5.64. The first-order chi connectivity index (χ1) is 9.97. The molecule has 0 amide bonds. The molecule has 0 aromatic heterocycles. The van der Waals surface area contributed by atoms with Crippen molar-refractivity contribution in [3.63, 3.8) is 0 Å². The molecule has 1 N–H and O–H groups in total. The van der Waals surface area contributed by atoms with E-state index in [-0.39, 0.29) is 0 Å². The maximum atomic E-state index is 10.9. The van der Waals surface area contributed by atoms with Crippen LogP contribution < -0.4 is 4.74 Å². The minimum Gasteiger partial charge on any atom is -0.493 e. The van der Waals surface area contributed by atoms with E-state index in [9.17, 15) is 5.11 Å². The van der Waals surface area contributed by atoms with E-state index in [1.54, 1.807) is 13.0 Å². The molecule has 0 aliphatic carbocycles. The minimum atomic E-state index is -1.04. The molecule has 0 saturated heterocycles. The molecule has 110 valence electrons. The van der Waals surface area contributed by atoms with Crippen LogP contribution in [0.5, 0.6) is 5.75 Å². The van der Waals surface area contributed by atoms with Crippen molar-refractivity contribution in [1.29, 1.82) is 0 Å². The van der Waals surface area contributed by atoms with Gasteiger partial charge in [-0.2, -0.15) is 0 Å². The largest absolute Gasteiger partial charge is 0.493 e. The molecule has 2 nitrogen and oxygen atoms in total. The number of hydrogen-bond acceptors (Lipinski definition) is 2. The molecule has 0 radical (unpaired) electrons. The summed E-state index contributed by atoms with van der Waals surface area (Å²) >= 11 is 9.75. The summed E-state index contributed by atoms with van der Waals surface area (Å²) in [5, 5.41) is 11.5. The van der Waals surface area contributed by atoms with Gasteiger partial charge in [0.25, 0.3) is 0 Å². The molecule has 21 heavy (non-hydrogen) atoms. The highest BCUT2D eigenvalue weighted by Gasteiger charge is 2.29. The Kier molecular flexibility index (Phi) is 4.00. The molecular formula is C17H16BrClO2. The zero-order chi connectivity index (χ0) is 15.0. The molecule has 1 unspecified atom stereocenters. The molecule has 4 heteroatoms. The van der Waals surface area contributed by atoms with E-state index in [2.05, 4.69) is 22.0 Å². The second-order valence-electron chi connectivity index (χ2n) is 5.58. The summed E-state index contributed by atoms with van der Waals surface area (Å²) in [5.74, 6) is 0.908. The van der Waals surface area contributed by atoms with Crippen molar-refractivity contribution < 1.29 is 9.84 Å². The van der Waals surface area contributed by atoms with Crippen LogP contribution in [0.3, 0.4) is 0 Å². The zero-order valence-electron chi connectivity index (χ0n) is 11.7. The Morgan fingerprint density at radius 2 is 2.10 bits per heavy atom. The number of benzene rings is 2. The Morgan fingerprint density at radius 3 is 2.86 bits per heavy atom. The maximum absolute atomic E-state index is 10.9. The maximum Gasteiger partial charge on any atom is 0.126 e. The van der Waals surface area contributed by atoms with Crippen LogP contribution in [0.4, 0.5) is 0 Å². The van der Waals surface area contributed by atoms with E-state index in [1.165, 1.54) is 5.56 Å². The molecule has 0 bridgehead atoms. The van der Waals surface area contributed by atoms with E-state index in [4.69, 9.17) is 16.3 Å². The molecule has 0 fully saturated rings. The van der Waals surface area contributed by atoms with Crippen molar-refractivity contribution in [3.8, 4) is 5.75 Å². The molecule has 3 rings (SSSR count). The Bertz CT molecular complexity index is 682. The molecule has 0 saturated carbocycles. The molecule has 2 aromatic rings. The van der Waals surface area contributed by atoms with Gasteiger partial charge in [-0.15, -0.1) is 0 Å². The average molecular weight is 368 g/mol. The molecule has 1 heterocycles. The monoisotopic (exact) mass is 366 g/mol. The number of hydrogen-bond donors (Lipinski definition) is 1. The summed E-state index contributed by atoms with van der Waals surface area (Å²) in [4.78, 5) is 0. The van der Waals surface area contributed by atoms with Gasteiger partial charge in [0.1, 0.15) is 5.75 Å². The molecule has 1 aliphatic rings. The number of ether oxygens (including phenoxy) is 1. The second-order valence-corrected chi connectivity index (χ2v) is 6.90. The fourth-order valence-corrected chi connectivity index (χ4v) is 3.73. The van der Waals surface area contributed by atoms with Crippen LogP contribution in [-0.4, -0.2) is 11.7 Å². The molecule has 0 spiro atoms. The summed E-state index contributed by atoms with van der Waals surface area (Å²) < 4.78 is 6.74. The Labute approximate surface area is 137 Å². The highest BCUT2D eigenvalue weighted by molar-refractivity contribution is 9.10. The fraction of sp³-hybridized carbons (Fsp3) is 0.294. The van der Waals surface area contributed by atoms with E-state index in [0.717, 1.165) is 27.8 Å². The number of fused-ring (bicyclic) bond motifs is 1. The molecule has 1 atom stereocenters. The quantitative estimate of drug-likeness (QED) is 0.866. The highest BCUT2D eigenvalue weighted by atomic mass is 79.9. The Hall–Kier alpha value is -1.03. The van der Waals surface area contributed by atoms with Crippen molar-refractivity contribution in [2.75, 3.05) is 6.61 Å². The van der Waals surface area contributed by atoms with E-state index in [1.807, 2.05) is 24.3 Å². The van der Waals surface area contributed by atoms with Crippen LogP contribution in [0, 0.1) is 0 Å². The van der Waals surface area contributed by atoms with Crippen LogP contribution in [0.2, 0.25) is 5.02 Å². The van der Waals surface area contributed by atoms with Crippen LogP contribution >= 0.6 is 27.5 Å². The summed E-state index contributed by atoms with van der Waals surface area (Å²) in [5.41, 5.74) is 1.88. The average Bonchev–Trinajstić information content (AvgIpc) is 2.86. The number of rotatable bonds is 3. The van der Waals surface area contributed by atoms with E-state index in [0.29, 0.717) is 18.1 Å². The summed E-state index contributed by atoms with van der Waals surface area (Å²) in [7, 11) is 0. The van der Waals surface area contributed by atoms with Gasteiger partial charge in [-0.1, -0.05) is 45.7 Å². The Balaban J connectivity index is 1.99. The van der Waals surface area contributed by atoms with Crippen LogP contribution in [0.25, 0.3) is 0 Å². The van der Waals surface area contributed by atoms with Crippen LogP contribution in [-0.2, 0) is 18.4 Å². The van der Waals surface area contributed by atoms with E-state index >= 15 is 0 Å². The lowest BCUT2D eigenvalue weighted by Crippen LogP contribution is -2.25. The lowest BCUT2D eigenvalue weighted by Gasteiger charge is -2.26. The van der Waals surface area contributed by atoms with Gasteiger partial charge in [-0.25, -0.2) is 0 Å².